The van der Waals surface area contributed by atoms with Crippen LogP contribution >= 0.6 is 11.8 Å². The molecule has 0 radical (unpaired) electrons. The van der Waals surface area contributed by atoms with Crippen LogP contribution in [0.5, 0.6) is 5.75 Å². The number of amides is 13. The molecule has 2 aliphatic heterocycles. The molecule has 31 N–H and O–H groups in total. The number of aromatic nitrogens is 1. The number of benzene rings is 2. The number of rotatable bonds is 26. The van der Waals surface area contributed by atoms with Gasteiger partial charge in [-0.05, 0) is 105 Å². The highest BCUT2D eigenvalue weighted by atomic mass is 32.2. The normalized spacial score (nSPS) is 23.6. The zero-order chi connectivity index (χ0) is 84.3. The van der Waals surface area contributed by atoms with E-state index in [9.17, 15) is 63.0 Å². The van der Waals surface area contributed by atoms with Gasteiger partial charge in [-0.3, -0.25) is 84.0 Å². The molecule has 41 nitrogen and oxygen atoms in total. The number of aliphatic hydroxyl groups excluding tert-OH is 1. The van der Waals surface area contributed by atoms with Crippen molar-refractivity contribution in [1.29, 1.82) is 21.6 Å². The molecule has 2 saturated heterocycles. The molecule has 2 aliphatic rings. The van der Waals surface area contributed by atoms with E-state index in [1.165, 1.54) is 36.2 Å². The number of aromatic amines is 1. The number of carbonyl (C=O) groups excluding carboxylic acids is 13. The topological polar surface area (TPSA) is 679 Å². The molecule has 114 heavy (non-hydrogen) atoms. The highest BCUT2D eigenvalue weighted by Crippen LogP contribution is 2.24. The Morgan fingerprint density at radius 1 is 0.544 bits per heavy atom. The molecule has 13 atom stereocenters. The Kier molecular flexibility index (Phi) is 38.3. The molecule has 2 fully saturated rings. The monoisotopic (exact) mass is 1610 g/mol. The summed E-state index contributed by atoms with van der Waals surface area (Å²) >= 11 is 0.862. The minimum absolute atomic E-state index is 0.000307. The molecular weight excluding hydrogens is 1500 g/mol. The Hall–Kier alpha value is -11.7. The van der Waals surface area contributed by atoms with Crippen molar-refractivity contribution in [2.45, 2.75) is 184 Å². The molecule has 0 saturated carbocycles. The predicted molar refractivity (Wildman–Crippen MR) is 425 cm³/mol. The average Bonchev–Trinajstić information content (AvgIpc) is 1.62. The number of guanidine groups is 4. The van der Waals surface area contributed by atoms with Crippen LogP contribution in [0.1, 0.15) is 116 Å². The van der Waals surface area contributed by atoms with Crippen molar-refractivity contribution in [3.63, 3.8) is 0 Å². The van der Waals surface area contributed by atoms with Gasteiger partial charge in [0.15, 0.2) is 23.8 Å². The van der Waals surface area contributed by atoms with Crippen molar-refractivity contribution in [2.75, 3.05) is 64.4 Å². The number of likely N-dealkylation sites (N-methyl/N-ethyl adjacent to an activating group) is 1. The van der Waals surface area contributed by atoms with Gasteiger partial charge in [0.25, 0.3) is 0 Å². The molecule has 0 aliphatic carbocycles. The lowest BCUT2D eigenvalue weighted by atomic mass is 9.96. The van der Waals surface area contributed by atoms with Gasteiger partial charge < -0.3 is 128 Å². The van der Waals surface area contributed by atoms with Crippen LogP contribution in [0.2, 0.25) is 0 Å². The number of hydrogen-bond donors (Lipinski definition) is 26. The number of phenolic OH excluding ortho intramolecular Hbond substituents is 1. The van der Waals surface area contributed by atoms with E-state index in [2.05, 4.69) is 79.4 Å². The summed E-state index contributed by atoms with van der Waals surface area (Å²) in [5.41, 5.74) is 29.9. The Balaban J connectivity index is 1.62. The standard InChI is InChI=1S/C72H114N26O15S/c1-6-38(3)56-65(110)91-47(19-12-28-84-71(78)79)61(106)93-50(32-41-33-86-44-16-9-8-15-43(41)44)67(112)97(5)53(58(73)103)36-114-37-55(102)88-49(31-40-22-24-42(100)25-23-40)68(113)98-30-14-21-52(98)64(109)90-48(20-13-29-85-72(80)81)63(108)96-57(39(4)7-2)66(111)92-46(18-11-27-83-70(76)77)60(105)89-45(17-10-26-82-69(74)75)62(107)94-51(35-99)59(104)87-34-54(101)95-56/h8-9,15-16,22-25,33,38-39,45-53,56-57,86,99-100H,6-7,10-14,17-21,26-32,34-37H2,1-5H3,(H2,73,103)(H,87,104)(H,88,102)(H,89,105)(H,90,109)(H,91,110)(H,92,111)(H,93,106)(H,94,107)(H,95,101)(H,96,108)(H4,74,75,82)(H4,76,77,83)(H4,78,79,84)(H4,80,81,85)/t38-,39-,45-,46-,47-,48-,49-,50-,51-,52-,53-,56-,57-/m0/s1. The summed E-state index contributed by atoms with van der Waals surface area (Å²) in [6, 6.07) is -3.45. The summed E-state index contributed by atoms with van der Waals surface area (Å²) in [5, 5.41) is 89.1. The maximum Gasteiger partial charge on any atom is 0.246 e. The fourth-order valence-corrected chi connectivity index (χ4v) is 13.7. The number of aromatic hydroxyl groups is 1. The number of thioether (sulfide) groups is 1. The molecule has 42 heteroatoms. The van der Waals surface area contributed by atoms with Gasteiger partial charge in [0.1, 0.15) is 72.2 Å². The maximum atomic E-state index is 15.1. The van der Waals surface area contributed by atoms with Crippen molar-refractivity contribution in [3.05, 3.63) is 65.9 Å². The van der Waals surface area contributed by atoms with Crippen LogP contribution in [0, 0.1) is 33.5 Å². The lowest BCUT2D eigenvalue weighted by Crippen LogP contribution is -2.61. The van der Waals surface area contributed by atoms with Crippen molar-refractivity contribution in [2.24, 2.45) is 40.5 Å². The fourth-order valence-electron chi connectivity index (χ4n) is 12.7. The minimum atomic E-state index is -1.81. The average molecular weight is 1620 g/mol. The van der Waals surface area contributed by atoms with Gasteiger partial charge in [0.05, 0.1) is 18.9 Å². The van der Waals surface area contributed by atoms with Gasteiger partial charge in [-0.25, -0.2) is 0 Å². The minimum Gasteiger partial charge on any atom is -0.508 e. The summed E-state index contributed by atoms with van der Waals surface area (Å²) in [7, 11) is 1.27. The van der Waals surface area contributed by atoms with E-state index >= 15 is 9.59 Å². The van der Waals surface area contributed by atoms with Gasteiger partial charge in [-0.1, -0.05) is 70.9 Å². The smallest absolute Gasteiger partial charge is 0.246 e. The number of nitrogens with one attached hydrogen (secondary N) is 19. The van der Waals surface area contributed by atoms with Crippen LogP contribution in [-0.4, -0.2) is 257 Å². The van der Waals surface area contributed by atoms with Crippen molar-refractivity contribution < 1.29 is 72.5 Å². The van der Waals surface area contributed by atoms with E-state index in [0.717, 1.165) is 16.7 Å². The van der Waals surface area contributed by atoms with Gasteiger partial charge >= 0.3 is 0 Å². The summed E-state index contributed by atoms with van der Waals surface area (Å²) in [4.78, 5) is 194. The van der Waals surface area contributed by atoms with Crippen molar-refractivity contribution in [3.8, 4) is 5.75 Å². The van der Waals surface area contributed by atoms with E-state index in [4.69, 9.17) is 50.3 Å². The fraction of sp³-hybridized carbons (Fsp3) is 0.569. The largest absolute Gasteiger partial charge is 0.508 e. The SMILES string of the molecule is CC[C@H](C)[C@@H]1NC(=O)CNC(=O)[C@H](CO)NC(=O)[C@H](CCCNC(=N)N)NC(=O)[C@H](CCCNC(=N)N)NC(=O)[C@H]([C@@H](C)CC)NC(=O)[C@H](CCCNC(=N)N)NC(=O)[C@@H]2CCCN2C(=O)[C@H](Cc2ccc(O)cc2)NC(=O)CSC[C@@H](C(N)=O)N(C)C(=O)[C@H](Cc2c[nH]c3ccccc23)NC(=O)[C@H](CCCNC(=N)N)NC1=O. The summed E-state index contributed by atoms with van der Waals surface area (Å²) in [5.74, 6) is -15.7. The molecule has 13 amide bonds. The van der Waals surface area contributed by atoms with E-state index < -0.39 is 198 Å². The third-order valence-corrected chi connectivity index (χ3v) is 20.5. The molecule has 0 spiro atoms. The van der Waals surface area contributed by atoms with Gasteiger partial charge in [0, 0.05) is 75.5 Å². The van der Waals surface area contributed by atoms with E-state index in [0.29, 0.717) is 22.0 Å². The first-order valence-electron chi connectivity index (χ1n) is 37.8. The van der Waals surface area contributed by atoms with E-state index in [1.54, 1.807) is 58.2 Å². The zero-order valence-electron chi connectivity index (χ0n) is 64.9. The number of carbonyl (C=O) groups is 13. The molecule has 628 valence electrons. The summed E-state index contributed by atoms with van der Waals surface area (Å²) in [6.07, 6.45) is 1.65. The Morgan fingerprint density at radius 3 is 1.47 bits per heavy atom. The molecule has 3 aromatic rings. The number of fused-ring (bicyclic) bond motifs is 2. The van der Waals surface area contributed by atoms with Crippen LogP contribution in [0.3, 0.4) is 0 Å². The number of nitrogens with two attached hydrogens (primary N) is 5. The first kappa shape index (κ1) is 92.9. The number of para-hydroxylation sites is 1. The molecule has 3 heterocycles. The number of primary amides is 1. The Bertz CT molecular complexity index is 3870. The Morgan fingerprint density at radius 2 is 0.991 bits per heavy atom. The lowest BCUT2D eigenvalue weighted by Gasteiger charge is -2.31. The van der Waals surface area contributed by atoms with Crippen LogP contribution < -0.4 is 103 Å². The van der Waals surface area contributed by atoms with E-state index in [-0.39, 0.29) is 134 Å². The number of nitrogens with zero attached hydrogens (tertiary/aromatic N) is 2. The van der Waals surface area contributed by atoms with Crippen molar-refractivity contribution in [1.82, 2.24) is 89.2 Å². The Labute approximate surface area is 664 Å². The van der Waals surface area contributed by atoms with Gasteiger partial charge in [-0.2, -0.15) is 0 Å². The molecule has 0 unspecified atom stereocenters. The van der Waals surface area contributed by atoms with Crippen LogP contribution in [-0.2, 0) is 75.2 Å². The second-order valence-corrected chi connectivity index (χ2v) is 29.2. The van der Waals surface area contributed by atoms with Crippen molar-refractivity contribution >= 4 is 123 Å². The molecule has 5 rings (SSSR count). The van der Waals surface area contributed by atoms with Crippen LogP contribution in [0.4, 0.5) is 0 Å². The second-order valence-electron chi connectivity index (χ2n) is 28.1. The highest BCUT2D eigenvalue weighted by Gasteiger charge is 2.42. The summed E-state index contributed by atoms with van der Waals surface area (Å²) < 4.78 is 0. The van der Waals surface area contributed by atoms with E-state index in [1.807, 2.05) is 0 Å². The highest BCUT2D eigenvalue weighted by molar-refractivity contribution is 8.00. The van der Waals surface area contributed by atoms with Crippen LogP contribution in [0.25, 0.3) is 10.9 Å². The lowest BCUT2D eigenvalue weighted by molar-refractivity contribution is -0.142. The molecule has 1 aromatic heterocycles. The number of phenols is 1. The molecule has 2 aromatic carbocycles. The first-order chi connectivity index (χ1) is 54.2. The molecular formula is C72H114N26O15S. The quantitative estimate of drug-likeness (QED) is 0.0202. The summed E-state index contributed by atoms with van der Waals surface area (Å²) in [6.45, 7) is 4.82. The third-order valence-electron chi connectivity index (χ3n) is 19.5. The first-order valence-corrected chi connectivity index (χ1v) is 39.0. The number of hydrogen-bond acceptors (Lipinski definition) is 20. The second kappa shape index (κ2) is 47.0. The number of H-pyrrole nitrogens is 1. The van der Waals surface area contributed by atoms with Gasteiger partial charge in [-0.15, -0.1) is 11.8 Å². The number of aliphatic hydroxyl groups is 1. The van der Waals surface area contributed by atoms with Crippen LogP contribution in [0.15, 0.2) is 54.7 Å². The van der Waals surface area contributed by atoms with Gasteiger partial charge in [0.2, 0.25) is 76.8 Å². The zero-order valence-corrected chi connectivity index (χ0v) is 65.7. The maximum absolute atomic E-state index is 15.1. The molecule has 0 bridgehead atoms. The predicted octanol–water partition coefficient (Wildman–Crippen LogP) is -5.67. The third kappa shape index (κ3) is 30.1.